The Morgan fingerprint density at radius 1 is 1.80 bits per heavy atom. The topological polar surface area (TPSA) is 37.3 Å². The van der Waals surface area contributed by atoms with Gasteiger partial charge in [0.05, 0.1) is 0 Å². The van der Waals surface area contributed by atoms with Gasteiger partial charge >= 0.3 is 57.4 Å². The van der Waals surface area contributed by atoms with E-state index in [1.165, 1.54) is 0 Å². The average molecular weight is 238 g/mol. The van der Waals surface area contributed by atoms with E-state index in [4.69, 9.17) is 9.90 Å². The molecule has 0 aromatic carbocycles. The Morgan fingerprint density at radius 3 is 1.80 bits per heavy atom. The van der Waals surface area contributed by atoms with E-state index in [1.54, 1.807) is 0 Å². The molecule has 2 radical (unpaired) electrons. The van der Waals surface area contributed by atoms with Crippen molar-refractivity contribution in [2.75, 3.05) is 0 Å². The quantitative estimate of drug-likeness (QED) is 0.529. The van der Waals surface area contributed by atoms with Crippen LogP contribution in [0, 0.1) is 0 Å². The second-order valence-corrected chi connectivity index (χ2v) is 1.20. The minimum absolute atomic E-state index is 0. The van der Waals surface area contributed by atoms with Gasteiger partial charge in [-0.1, -0.05) is 0 Å². The number of hydrogen-bond donors (Lipinski definition) is 1. The van der Waals surface area contributed by atoms with Crippen molar-refractivity contribution in [3.63, 3.8) is 0 Å². The Labute approximate surface area is 57.2 Å². The van der Waals surface area contributed by atoms with Crippen molar-refractivity contribution < 1.29 is 9.90 Å². The van der Waals surface area contributed by atoms with Gasteiger partial charge in [-0.05, 0) is 0 Å². The molecule has 0 aliphatic heterocycles. The van der Waals surface area contributed by atoms with E-state index in [2.05, 4.69) is 0 Å². The van der Waals surface area contributed by atoms with Gasteiger partial charge in [0.25, 0.3) is 0 Å². The van der Waals surface area contributed by atoms with Gasteiger partial charge in [-0.2, -0.15) is 0 Å². The summed E-state index contributed by atoms with van der Waals surface area (Å²) in [5.74, 6) is 0. The first kappa shape index (κ1) is 9.31. The van der Waals surface area contributed by atoms with Crippen LogP contribution < -0.4 is 0 Å². The molecule has 0 aliphatic rings. The molecule has 0 aromatic rings. The molecule has 0 rings (SSSR count). The molecule has 0 aliphatic carbocycles. The van der Waals surface area contributed by atoms with Crippen LogP contribution in [0.2, 0.25) is 0 Å². The summed E-state index contributed by atoms with van der Waals surface area (Å²) in [5, 5.41) is 7.42. The van der Waals surface area contributed by atoms with Gasteiger partial charge in [0, 0.05) is 0 Å². The Balaban J connectivity index is 0. The van der Waals surface area contributed by atoms with Gasteiger partial charge in [-0.3, -0.25) is 0 Å². The number of carboxylic acid groups (broad SMARTS) is 1. The van der Waals surface area contributed by atoms with Gasteiger partial charge in [0.1, 0.15) is 0 Å². The second-order valence-electron chi connectivity index (χ2n) is 0.305. The van der Waals surface area contributed by atoms with E-state index in [9.17, 15) is 0 Å². The van der Waals surface area contributed by atoms with Gasteiger partial charge in [0.15, 0.2) is 0 Å². The summed E-state index contributed by atoms with van der Waals surface area (Å²) in [6.45, 7) is 0. The monoisotopic (exact) mass is 238 g/mol. The molecule has 0 unspecified atom stereocenters. The van der Waals surface area contributed by atoms with Crippen LogP contribution in [-0.4, -0.2) is 52.6 Å². The molecule has 0 bridgehead atoms. The van der Waals surface area contributed by atoms with E-state index < -0.39 is 4.76 Å². The Bertz CT molecular complexity index is 32.6. The van der Waals surface area contributed by atoms with Crippen LogP contribution in [0.25, 0.3) is 0 Å². The van der Waals surface area contributed by atoms with Crippen LogP contribution >= 0.6 is 0 Å². The van der Waals surface area contributed by atoms with E-state index in [0.717, 1.165) is 16.9 Å². The molecule has 0 amide bonds. The zero-order chi connectivity index (χ0) is 3.58. The van der Waals surface area contributed by atoms with Crippen LogP contribution in [0.15, 0.2) is 0 Å². The molecule has 0 spiro atoms. The Kier molecular flexibility index (Phi) is 9.12. The van der Waals surface area contributed by atoms with Crippen molar-refractivity contribution in [1.82, 2.24) is 0 Å². The molecule has 0 atom stereocenters. The minimum atomic E-state index is -0.833. The van der Waals surface area contributed by atoms with Crippen LogP contribution in [0.4, 0.5) is 4.79 Å². The van der Waals surface area contributed by atoms with E-state index in [0.29, 0.717) is 0 Å². The standard InChI is InChI=1S/CH2AsO2.In.2H/c2-1(3)4;;;/h2H,(H,3,4);;;. The SMILES string of the molecule is O=C(O)[AsH].[InH2]. The molecule has 4 heteroatoms. The normalized spacial score (nSPS) is 5.00. The predicted octanol–water partition coefficient (Wildman–Crippen LogP) is -1.35. The fourth-order valence-electron chi connectivity index (χ4n) is 0. The molecular formula is CH4AsInO2. The summed E-state index contributed by atoms with van der Waals surface area (Å²) < 4.78 is -0.833. The van der Waals surface area contributed by atoms with Crippen molar-refractivity contribution in [3.05, 3.63) is 0 Å². The van der Waals surface area contributed by atoms with Crippen molar-refractivity contribution in [3.8, 4) is 0 Å². The predicted molar refractivity (Wildman–Crippen MR) is 23.7 cm³/mol. The first-order valence-corrected chi connectivity index (χ1v) is 1.73. The zero-order valence-corrected chi connectivity index (χ0v) is 10.7. The summed E-state index contributed by atoms with van der Waals surface area (Å²) in [6, 6.07) is 0. The molecule has 0 heterocycles. The van der Waals surface area contributed by atoms with Crippen molar-refractivity contribution in [1.29, 1.82) is 0 Å². The number of hydrogen-bond acceptors (Lipinski definition) is 1. The molecule has 0 saturated carbocycles. The second kappa shape index (κ2) is 4.90. The number of carbonyl (C=O) groups is 1. The molecule has 0 fully saturated rings. The first-order chi connectivity index (χ1) is 1.73. The summed E-state index contributed by atoms with van der Waals surface area (Å²) in [4.78, 5) is 9.00. The van der Waals surface area contributed by atoms with Crippen LogP contribution in [0.3, 0.4) is 0 Å². The molecule has 1 N–H and O–H groups in total. The van der Waals surface area contributed by atoms with E-state index >= 15 is 0 Å². The molecule has 2 nitrogen and oxygen atoms in total. The number of rotatable bonds is 0. The zero-order valence-electron chi connectivity index (χ0n) is 2.86. The first-order valence-electron chi connectivity index (χ1n) is 0.678. The fourth-order valence-corrected chi connectivity index (χ4v) is 0. The van der Waals surface area contributed by atoms with Gasteiger partial charge in [0.2, 0.25) is 0 Å². The third kappa shape index (κ3) is 51.0. The van der Waals surface area contributed by atoms with Crippen molar-refractivity contribution in [2.24, 2.45) is 0 Å². The average Bonchev–Trinajstić information content (AvgIpc) is 0.811. The van der Waals surface area contributed by atoms with E-state index in [1.807, 2.05) is 0 Å². The van der Waals surface area contributed by atoms with Crippen LogP contribution in [0.5, 0.6) is 0 Å². The summed E-state index contributed by atoms with van der Waals surface area (Å²) in [7, 11) is 0. The van der Waals surface area contributed by atoms with Crippen LogP contribution in [-0.2, 0) is 0 Å². The Hall–Kier alpha value is 0.899. The van der Waals surface area contributed by atoms with Crippen molar-refractivity contribution in [2.45, 2.75) is 0 Å². The summed E-state index contributed by atoms with van der Waals surface area (Å²) in [6.07, 6.45) is 0. The maximum absolute atomic E-state index is 9.00. The maximum atomic E-state index is 9.00. The van der Waals surface area contributed by atoms with Gasteiger partial charge < -0.3 is 0 Å². The molecular weight excluding hydrogens is 234 g/mol. The summed E-state index contributed by atoms with van der Waals surface area (Å²) in [5.41, 5.74) is 0. The summed E-state index contributed by atoms with van der Waals surface area (Å²) >= 11 is 1.08. The molecule has 28 valence electrons. The van der Waals surface area contributed by atoms with Gasteiger partial charge in [-0.25, -0.2) is 0 Å². The third-order valence-corrected chi connectivity index (χ3v) is 0. The molecule has 0 saturated heterocycles. The van der Waals surface area contributed by atoms with Crippen LogP contribution in [0.1, 0.15) is 0 Å². The molecule has 0 aromatic heterocycles. The molecule has 5 heavy (non-hydrogen) atoms. The van der Waals surface area contributed by atoms with Gasteiger partial charge in [-0.15, -0.1) is 0 Å². The fraction of sp³-hybridized carbons (Fsp3) is 0. The van der Waals surface area contributed by atoms with Crippen molar-refractivity contribution >= 4 is 47.5 Å². The Morgan fingerprint density at radius 2 is 1.80 bits per heavy atom. The van der Waals surface area contributed by atoms with E-state index in [-0.39, 0.29) is 25.8 Å². The third-order valence-electron chi connectivity index (χ3n) is 0.